The van der Waals surface area contributed by atoms with Crippen molar-refractivity contribution in [3.05, 3.63) is 76.8 Å². The van der Waals surface area contributed by atoms with Gasteiger partial charge in [-0.1, -0.05) is 55.3 Å². The van der Waals surface area contributed by atoms with Gasteiger partial charge >= 0.3 is 0 Å². The first-order chi connectivity index (χ1) is 10.2. The van der Waals surface area contributed by atoms with Crippen LogP contribution >= 0.6 is 11.6 Å². The number of hydrogen-bond acceptors (Lipinski definition) is 1. The average molecular weight is 301 g/mol. The van der Waals surface area contributed by atoms with E-state index in [0.29, 0.717) is 0 Å². The minimum absolute atomic E-state index is 0.105. The highest BCUT2D eigenvalue weighted by Gasteiger charge is 2.15. The van der Waals surface area contributed by atoms with E-state index in [2.05, 4.69) is 31.7 Å². The molecular weight excluding hydrogens is 280 g/mol. The van der Waals surface area contributed by atoms with Crippen LogP contribution in [0, 0.1) is 0 Å². The molecule has 0 spiro atoms. The zero-order chi connectivity index (χ0) is 15.2. The number of aryl methyl sites for hydroxylation is 1. The van der Waals surface area contributed by atoms with Crippen LogP contribution in [-0.2, 0) is 6.42 Å². The smallest absolute Gasteiger partial charge is 0.123 e. The minimum atomic E-state index is 0.105. The SMILES string of the molecule is C=C[C@H](c1ccc(Cl)cc1)c1ccc(CCC)cc1OC. The molecule has 0 bridgehead atoms. The maximum absolute atomic E-state index is 5.97. The molecule has 0 radical (unpaired) electrons. The van der Waals surface area contributed by atoms with Crippen LogP contribution in [0.5, 0.6) is 5.75 Å². The summed E-state index contributed by atoms with van der Waals surface area (Å²) in [6.07, 6.45) is 4.14. The maximum Gasteiger partial charge on any atom is 0.123 e. The van der Waals surface area contributed by atoms with Crippen molar-refractivity contribution in [1.82, 2.24) is 0 Å². The zero-order valence-electron chi connectivity index (χ0n) is 12.6. The average Bonchev–Trinajstić information content (AvgIpc) is 2.51. The van der Waals surface area contributed by atoms with E-state index < -0.39 is 0 Å². The van der Waals surface area contributed by atoms with Gasteiger partial charge in [-0.2, -0.15) is 0 Å². The molecular formula is C19H21ClO. The van der Waals surface area contributed by atoms with Gasteiger partial charge in [0.05, 0.1) is 7.11 Å². The topological polar surface area (TPSA) is 9.23 Å². The molecule has 0 heterocycles. The largest absolute Gasteiger partial charge is 0.496 e. The van der Waals surface area contributed by atoms with E-state index in [1.807, 2.05) is 30.3 Å². The molecule has 2 heteroatoms. The second kappa shape index (κ2) is 7.33. The van der Waals surface area contributed by atoms with Crippen LogP contribution in [0.15, 0.2) is 55.1 Å². The number of methoxy groups -OCH3 is 1. The van der Waals surface area contributed by atoms with Crippen molar-refractivity contribution in [1.29, 1.82) is 0 Å². The summed E-state index contributed by atoms with van der Waals surface area (Å²) in [5.41, 5.74) is 3.60. The van der Waals surface area contributed by atoms with Crippen molar-refractivity contribution < 1.29 is 4.74 Å². The van der Waals surface area contributed by atoms with Gasteiger partial charge in [0, 0.05) is 16.5 Å². The quantitative estimate of drug-likeness (QED) is 0.629. The lowest BCUT2D eigenvalue weighted by atomic mass is 9.89. The van der Waals surface area contributed by atoms with E-state index in [9.17, 15) is 0 Å². The highest BCUT2D eigenvalue weighted by molar-refractivity contribution is 6.30. The van der Waals surface area contributed by atoms with E-state index in [4.69, 9.17) is 16.3 Å². The summed E-state index contributed by atoms with van der Waals surface area (Å²) in [6, 6.07) is 14.3. The minimum Gasteiger partial charge on any atom is -0.496 e. The molecule has 2 aromatic carbocycles. The first-order valence-corrected chi connectivity index (χ1v) is 7.62. The number of rotatable bonds is 6. The van der Waals surface area contributed by atoms with Crippen LogP contribution in [0.4, 0.5) is 0 Å². The Kier molecular flexibility index (Phi) is 5.46. The van der Waals surface area contributed by atoms with Crippen molar-refractivity contribution in [3.63, 3.8) is 0 Å². The summed E-state index contributed by atoms with van der Waals surface area (Å²) in [5.74, 6) is 1.02. The molecule has 2 aromatic rings. The van der Waals surface area contributed by atoms with Crippen molar-refractivity contribution in [2.45, 2.75) is 25.7 Å². The first-order valence-electron chi connectivity index (χ1n) is 7.24. The number of ether oxygens (including phenoxy) is 1. The van der Waals surface area contributed by atoms with E-state index in [0.717, 1.165) is 34.7 Å². The summed E-state index contributed by atoms with van der Waals surface area (Å²) in [7, 11) is 1.72. The Morgan fingerprint density at radius 1 is 1.19 bits per heavy atom. The van der Waals surface area contributed by atoms with Crippen LogP contribution in [0.1, 0.15) is 36.0 Å². The van der Waals surface area contributed by atoms with E-state index in [1.165, 1.54) is 5.56 Å². The molecule has 2 rings (SSSR count). The summed E-state index contributed by atoms with van der Waals surface area (Å²) in [5, 5.41) is 0.742. The molecule has 1 nitrogen and oxygen atoms in total. The van der Waals surface area contributed by atoms with E-state index >= 15 is 0 Å². The van der Waals surface area contributed by atoms with Gasteiger partial charge in [-0.05, 0) is 35.7 Å². The first kappa shape index (κ1) is 15.7. The van der Waals surface area contributed by atoms with Gasteiger partial charge in [-0.25, -0.2) is 0 Å². The normalized spacial score (nSPS) is 12.0. The highest BCUT2D eigenvalue weighted by atomic mass is 35.5. The fourth-order valence-electron chi connectivity index (χ4n) is 2.57. The molecule has 0 saturated heterocycles. The molecule has 0 amide bonds. The fourth-order valence-corrected chi connectivity index (χ4v) is 2.70. The zero-order valence-corrected chi connectivity index (χ0v) is 13.4. The highest BCUT2D eigenvalue weighted by Crippen LogP contribution is 2.34. The lowest BCUT2D eigenvalue weighted by Gasteiger charge is -2.18. The van der Waals surface area contributed by atoms with E-state index in [-0.39, 0.29) is 5.92 Å². The molecule has 0 fully saturated rings. The van der Waals surface area contributed by atoms with Crippen LogP contribution in [0.2, 0.25) is 5.02 Å². The summed E-state index contributed by atoms with van der Waals surface area (Å²) < 4.78 is 5.59. The second-order valence-corrected chi connectivity index (χ2v) is 5.53. The number of halogens is 1. The number of hydrogen-bond donors (Lipinski definition) is 0. The standard InChI is InChI=1S/C19H21ClO/c1-4-6-14-7-12-18(19(13-14)21-3)17(5-2)15-8-10-16(20)11-9-15/h5,7-13,17H,2,4,6H2,1,3H3/t17-/m1/s1. The Labute approximate surface area is 132 Å². The Balaban J connectivity index is 2.41. The summed E-state index contributed by atoms with van der Waals surface area (Å²) in [4.78, 5) is 0. The third-order valence-electron chi connectivity index (χ3n) is 3.64. The molecule has 21 heavy (non-hydrogen) atoms. The second-order valence-electron chi connectivity index (χ2n) is 5.09. The molecule has 110 valence electrons. The summed E-state index contributed by atoms with van der Waals surface area (Å²) >= 11 is 5.97. The molecule has 0 aliphatic carbocycles. The van der Waals surface area contributed by atoms with Crippen molar-refractivity contribution in [3.8, 4) is 5.75 Å². The molecule has 0 aromatic heterocycles. The van der Waals surface area contributed by atoms with Gasteiger partial charge in [-0.3, -0.25) is 0 Å². The Bertz CT molecular complexity index is 601. The monoisotopic (exact) mass is 300 g/mol. The van der Waals surface area contributed by atoms with Crippen LogP contribution in [0.3, 0.4) is 0 Å². The predicted octanol–water partition coefficient (Wildman–Crippen LogP) is 5.62. The number of benzene rings is 2. The molecule has 1 atom stereocenters. The van der Waals surface area contributed by atoms with Gasteiger partial charge in [-0.15, -0.1) is 6.58 Å². The van der Waals surface area contributed by atoms with Crippen LogP contribution in [-0.4, -0.2) is 7.11 Å². The van der Waals surface area contributed by atoms with Crippen molar-refractivity contribution >= 4 is 11.6 Å². The molecule has 0 saturated carbocycles. The lowest BCUT2D eigenvalue weighted by molar-refractivity contribution is 0.408. The molecule has 0 aliphatic heterocycles. The Morgan fingerprint density at radius 2 is 1.90 bits per heavy atom. The van der Waals surface area contributed by atoms with Crippen LogP contribution in [0.25, 0.3) is 0 Å². The predicted molar refractivity (Wildman–Crippen MR) is 90.5 cm³/mol. The third kappa shape index (κ3) is 3.68. The Morgan fingerprint density at radius 3 is 2.48 bits per heavy atom. The van der Waals surface area contributed by atoms with Crippen LogP contribution < -0.4 is 4.74 Å². The lowest BCUT2D eigenvalue weighted by Crippen LogP contribution is -2.01. The molecule has 0 N–H and O–H groups in total. The summed E-state index contributed by atoms with van der Waals surface area (Å²) in [6.45, 7) is 6.16. The van der Waals surface area contributed by atoms with Gasteiger partial charge in [0.15, 0.2) is 0 Å². The third-order valence-corrected chi connectivity index (χ3v) is 3.89. The fraction of sp³-hybridized carbons (Fsp3) is 0.263. The molecule has 0 unspecified atom stereocenters. The van der Waals surface area contributed by atoms with Crippen molar-refractivity contribution in [2.75, 3.05) is 7.11 Å². The Hall–Kier alpha value is -1.73. The molecule has 0 aliphatic rings. The van der Waals surface area contributed by atoms with Crippen molar-refractivity contribution in [2.24, 2.45) is 0 Å². The van der Waals surface area contributed by atoms with Gasteiger partial charge in [0.1, 0.15) is 5.75 Å². The van der Waals surface area contributed by atoms with E-state index in [1.54, 1.807) is 7.11 Å². The van der Waals surface area contributed by atoms with Gasteiger partial charge in [0.2, 0.25) is 0 Å². The van der Waals surface area contributed by atoms with Gasteiger partial charge in [0.25, 0.3) is 0 Å². The maximum atomic E-state index is 5.97. The van der Waals surface area contributed by atoms with Gasteiger partial charge < -0.3 is 4.74 Å². The number of allylic oxidation sites excluding steroid dienone is 1.